The number of likely N-dealkylation sites (N-methyl/N-ethyl adjacent to an activating group) is 2. The minimum atomic E-state index is -3.44. The van der Waals surface area contributed by atoms with Gasteiger partial charge in [0.25, 0.3) is 0 Å². The summed E-state index contributed by atoms with van der Waals surface area (Å²) in [6.45, 7) is 6.13. The topological polar surface area (TPSA) is 60.9 Å². The van der Waals surface area contributed by atoms with E-state index in [1.807, 2.05) is 31.9 Å². The molecule has 1 aromatic carbocycles. The van der Waals surface area contributed by atoms with Crippen molar-refractivity contribution >= 4 is 15.9 Å². The maximum atomic E-state index is 12.2. The molecule has 1 amide bonds. The number of rotatable bonds is 8. The Bertz CT molecular complexity index is 625. The van der Waals surface area contributed by atoms with Crippen LogP contribution in [0.5, 0.6) is 0 Å². The molecule has 0 saturated carbocycles. The van der Waals surface area contributed by atoms with Gasteiger partial charge in [0.2, 0.25) is 15.9 Å². The lowest BCUT2D eigenvalue weighted by Gasteiger charge is -2.23. The van der Waals surface area contributed by atoms with Gasteiger partial charge >= 0.3 is 0 Å². The molecule has 0 N–H and O–H groups in total. The normalized spacial score (nSPS) is 12.0. The molecule has 0 bridgehead atoms. The molecule has 0 atom stereocenters. The third-order valence-electron chi connectivity index (χ3n) is 3.65. The zero-order chi connectivity index (χ0) is 17.6. The van der Waals surface area contributed by atoms with Crippen LogP contribution in [0.1, 0.15) is 19.4 Å². The minimum absolute atomic E-state index is 0.0783. The fourth-order valence-electron chi connectivity index (χ4n) is 2.29. The van der Waals surface area contributed by atoms with E-state index in [9.17, 15) is 13.2 Å². The molecule has 1 rings (SSSR count). The second-order valence-corrected chi connectivity index (χ2v) is 7.82. The van der Waals surface area contributed by atoms with Crippen molar-refractivity contribution in [2.45, 2.75) is 25.3 Å². The molecule has 6 nitrogen and oxygen atoms in total. The highest BCUT2D eigenvalue weighted by molar-refractivity contribution is 7.89. The second-order valence-electron chi connectivity index (χ2n) is 5.67. The first kappa shape index (κ1) is 19.6. The minimum Gasteiger partial charge on any atom is -0.342 e. The van der Waals surface area contributed by atoms with E-state index in [1.54, 1.807) is 23.1 Å². The van der Waals surface area contributed by atoms with Gasteiger partial charge in [0.15, 0.2) is 0 Å². The van der Waals surface area contributed by atoms with Crippen molar-refractivity contribution < 1.29 is 13.2 Å². The number of hydrogen-bond donors (Lipinski definition) is 0. The summed E-state index contributed by atoms with van der Waals surface area (Å²) in [4.78, 5) is 16.0. The number of carbonyl (C=O) groups excluding carboxylic acids is 1. The summed E-state index contributed by atoms with van der Waals surface area (Å²) in [7, 11) is 1.44. The third kappa shape index (κ3) is 5.30. The Hall–Kier alpha value is -1.44. The lowest BCUT2D eigenvalue weighted by atomic mass is 10.2. The first-order valence-corrected chi connectivity index (χ1v) is 9.14. The highest BCUT2D eigenvalue weighted by atomic mass is 32.2. The van der Waals surface area contributed by atoms with E-state index in [-0.39, 0.29) is 10.8 Å². The summed E-state index contributed by atoms with van der Waals surface area (Å²) in [5.74, 6) is 0.0783. The molecule has 0 saturated heterocycles. The summed E-state index contributed by atoms with van der Waals surface area (Å²) >= 11 is 0. The standard InChI is InChI=1S/C16H27N3O3S/c1-6-19(7-2)16(20)13-18(5)12-14-9-8-10-15(11-14)23(21,22)17(3)4/h8-11H,6-7,12-13H2,1-5H3. The van der Waals surface area contributed by atoms with E-state index in [0.29, 0.717) is 26.2 Å². The summed E-state index contributed by atoms with van der Waals surface area (Å²) < 4.78 is 25.5. The quantitative estimate of drug-likeness (QED) is 0.714. The maximum absolute atomic E-state index is 12.2. The van der Waals surface area contributed by atoms with Crippen LogP contribution in [0, 0.1) is 0 Å². The van der Waals surface area contributed by atoms with Gasteiger partial charge in [-0.2, -0.15) is 0 Å². The molecule has 0 aliphatic rings. The molecule has 0 heterocycles. The highest BCUT2D eigenvalue weighted by Gasteiger charge is 2.18. The van der Waals surface area contributed by atoms with Crippen molar-refractivity contribution in [1.29, 1.82) is 0 Å². The number of amides is 1. The van der Waals surface area contributed by atoms with Gasteiger partial charge in [0.1, 0.15) is 0 Å². The van der Waals surface area contributed by atoms with E-state index in [0.717, 1.165) is 5.56 Å². The predicted octanol–water partition coefficient (Wildman–Crippen LogP) is 1.24. The Morgan fingerprint density at radius 1 is 1.09 bits per heavy atom. The molecule has 0 aliphatic carbocycles. The smallest absolute Gasteiger partial charge is 0.242 e. The van der Waals surface area contributed by atoms with Crippen molar-refractivity contribution in [3.8, 4) is 0 Å². The zero-order valence-corrected chi connectivity index (χ0v) is 15.4. The second kappa shape index (κ2) is 8.42. The molecule has 0 unspecified atom stereocenters. The molecule has 23 heavy (non-hydrogen) atoms. The molecule has 0 fully saturated rings. The molecule has 0 spiro atoms. The Labute approximate surface area is 139 Å². The first-order chi connectivity index (χ1) is 10.7. The summed E-state index contributed by atoms with van der Waals surface area (Å²) in [5, 5.41) is 0. The number of hydrogen-bond acceptors (Lipinski definition) is 4. The van der Waals surface area contributed by atoms with Gasteiger partial charge in [-0.15, -0.1) is 0 Å². The molecule has 0 aromatic heterocycles. The van der Waals surface area contributed by atoms with Crippen LogP contribution in [-0.2, 0) is 21.4 Å². The first-order valence-electron chi connectivity index (χ1n) is 7.70. The van der Waals surface area contributed by atoms with Crippen LogP contribution in [0.25, 0.3) is 0 Å². The van der Waals surface area contributed by atoms with Crippen molar-refractivity contribution in [3.63, 3.8) is 0 Å². The van der Waals surface area contributed by atoms with Gasteiger partial charge < -0.3 is 4.90 Å². The van der Waals surface area contributed by atoms with E-state index in [2.05, 4.69) is 0 Å². The van der Waals surface area contributed by atoms with E-state index < -0.39 is 10.0 Å². The predicted molar refractivity (Wildman–Crippen MR) is 91.6 cm³/mol. The van der Waals surface area contributed by atoms with Crippen LogP contribution >= 0.6 is 0 Å². The lowest BCUT2D eigenvalue weighted by Crippen LogP contribution is -2.38. The van der Waals surface area contributed by atoms with Crippen LogP contribution < -0.4 is 0 Å². The number of nitrogens with zero attached hydrogens (tertiary/aromatic N) is 3. The van der Waals surface area contributed by atoms with Gasteiger partial charge in [-0.1, -0.05) is 12.1 Å². The number of benzene rings is 1. The number of carbonyl (C=O) groups is 1. The zero-order valence-electron chi connectivity index (χ0n) is 14.6. The molecule has 130 valence electrons. The molecule has 7 heteroatoms. The molecule has 1 aromatic rings. The van der Waals surface area contributed by atoms with E-state index in [4.69, 9.17) is 0 Å². The molecular weight excluding hydrogens is 314 g/mol. The summed E-state index contributed by atoms with van der Waals surface area (Å²) in [6, 6.07) is 6.84. The number of sulfonamides is 1. The van der Waals surface area contributed by atoms with Crippen LogP contribution in [0.2, 0.25) is 0 Å². The Morgan fingerprint density at radius 2 is 1.70 bits per heavy atom. The van der Waals surface area contributed by atoms with Crippen molar-refractivity contribution in [2.24, 2.45) is 0 Å². The fourth-order valence-corrected chi connectivity index (χ4v) is 3.26. The van der Waals surface area contributed by atoms with Crippen LogP contribution in [0.4, 0.5) is 0 Å². The van der Waals surface area contributed by atoms with Crippen LogP contribution in [0.15, 0.2) is 29.2 Å². The maximum Gasteiger partial charge on any atom is 0.242 e. The van der Waals surface area contributed by atoms with Crippen LogP contribution in [-0.4, -0.2) is 69.2 Å². The average molecular weight is 341 g/mol. The van der Waals surface area contributed by atoms with Gasteiger partial charge in [0.05, 0.1) is 11.4 Å². The summed E-state index contributed by atoms with van der Waals surface area (Å²) in [5.41, 5.74) is 0.864. The van der Waals surface area contributed by atoms with Gasteiger partial charge in [-0.3, -0.25) is 9.69 Å². The molecule has 0 aliphatic heterocycles. The largest absolute Gasteiger partial charge is 0.342 e. The fraction of sp³-hybridized carbons (Fsp3) is 0.562. The van der Waals surface area contributed by atoms with Crippen LogP contribution in [0.3, 0.4) is 0 Å². The SMILES string of the molecule is CCN(CC)C(=O)CN(C)Cc1cccc(S(=O)(=O)N(C)C)c1. The van der Waals surface area contributed by atoms with Crippen molar-refractivity contribution in [1.82, 2.24) is 14.1 Å². The van der Waals surface area contributed by atoms with E-state index >= 15 is 0 Å². The monoisotopic (exact) mass is 341 g/mol. The molecular formula is C16H27N3O3S. The Kier molecular flexibility index (Phi) is 7.18. The van der Waals surface area contributed by atoms with Crippen molar-refractivity contribution in [3.05, 3.63) is 29.8 Å². The molecule has 0 radical (unpaired) electrons. The Morgan fingerprint density at radius 3 is 2.22 bits per heavy atom. The van der Waals surface area contributed by atoms with Gasteiger partial charge in [-0.25, -0.2) is 12.7 Å². The lowest BCUT2D eigenvalue weighted by molar-refractivity contribution is -0.131. The van der Waals surface area contributed by atoms with Gasteiger partial charge in [0, 0.05) is 33.7 Å². The summed E-state index contributed by atoms with van der Waals surface area (Å²) in [6.07, 6.45) is 0. The third-order valence-corrected chi connectivity index (χ3v) is 5.46. The van der Waals surface area contributed by atoms with E-state index in [1.165, 1.54) is 18.4 Å². The van der Waals surface area contributed by atoms with Crippen molar-refractivity contribution in [2.75, 3.05) is 40.8 Å². The average Bonchev–Trinajstić information content (AvgIpc) is 2.48. The Balaban J connectivity index is 2.80. The highest BCUT2D eigenvalue weighted by Crippen LogP contribution is 2.15. The van der Waals surface area contributed by atoms with Gasteiger partial charge in [-0.05, 0) is 38.6 Å².